The van der Waals surface area contributed by atoms with Crippen molar-refractivity contribution in [3.63, 3.8) is 0 Å². The SMILES string of the molecule is CC(=O)CN(C)C(N)(C(=O)O)c1ccc2c(C(=O)NCc3ccc(C(=N)N)cc3)cccc2c1.Cl. The lowest BCUT2D eigenvalue weighted by Crippen LogP contribution is -2.58. The molecular weight excluding hydrogens is 470 g/mol. The first-order chi connectivity index (χ1) is 16.0. The van der Waals surface area contributed by atoms with Crippen LogP contribution in [-0.2, 0) is 21.8 Å². The van der Waals surface area contributed by atoms with Crippen LogP contribution in [0.15, 0.2) is 60.7 Å². The van der Waals surface area contributed by atoms with Gasteiger partial charge in [-0.15, -0.1) is 12.4 Å². The number of carbonyl (C=O) groups excluding carboxylic acids is 2. The predicted molar refractivity (Wildman–Crippen MR) is 137 cm³/mol. The summed E-state index contributed by atoms with van der Waals surface area (Å²) in [5.74, 6) is -1.82. The predicted octanol–water partition coefficient (Wildman–Crippen LogP) is 2.19. The zero-order valence-corrected chi connectivity index (χ0v) is 20.2. The second-order valence-electron chi connectivity index (χ2n) is 8.16. The van der Waals surface area contributed by atoms with Crippen molar-refractivity contribution in [2.24, 2.45) is 11.5 Å². The Labute approximate surface area is 209 Å². The summed E-state index contributed by atoms with van der Waals surface area (Å²) in [6, 6.07) is 17.0. The van der Waals surface area contributed by atoms with Gasteiger partial charge in [0.15, 0.2) is 5.66 Å². The van der Waals surface area contributed by atoms with E-state index in [1.54, 1.807) is 60.7 Å². The smallest absolute Gasteiger partial charge is 0.343 e. The maximum absolute atomic E-state index is 12.9. The maximum Gasteiger partial charge on any atom is 0.343 e. The number of nitrogens with two attached hydrogens (primary N) is 2. The first kappa shape index (κ1) is 27.5. The highest BCUT2D eigenvalue weighted by molar-refractivity contribution is 6.07. The number of amides is 1. The third kappa shape index (κ3) is 5.83. The third-order valence-corrected chi connectivity index (χ3v) is 5.67. The molecule has 0 aliphatic heterocycles. The molecule has 0 aliphatic rings. The van der Waals surface area contributed by atoms with E-state index in [0.717, 1.165) is 5.56 Å². The number of likely N-dealkylation sites (N-methyl/N-ethyl adjacent to an activating group) is 1. The molecule has 0 bridgehead atoms. The number of carboxylic acids is 1. The highest BCUT2D eigenvalue weighted by atomic mass is 35.5. The van der Waals surface area contributed by atoms with Crippen LogP contribution in [0.1, 0.15) is 34.0 Å². The molecule has 0 saturated carbocycles. The molecule has 0 saturated heterocycles. The van der Waals surface area contributed by atoms with Gasteiger partial charge in [0.1, 0.15) is 11.6 Å². The van der Waals surface area contributed by atoms with Crippen LogP contribution in [0.25, 0.3) is 10.8 Å². The molecule has 0 fully saturated rings. The molecule has 184 valence electrons. The van der Waals surface area contributed by atoms with Crippen molar-refractivity contribution in [3.05, 3.63) is 82.9 Å². The zero-order chi connectivity index (χ0) is 25.0. The number of carbonyl (C=O) groups is 3. The van der Waals surface area contributed by atoms with Crippen molar-refractivity contribution in [2.45, 2.75) is 19.1 Å². The summed E-state index contributed by atoms with van der Waals surface area (Å²) in [4.78, 5) is 37.8. The lowest BCUT2D eigenvalue weighted by atomic mass is 9.93. The molecule has 1 amide bonds. The number of ketones is 1. The van der Waals surface area contributed by atoms with Crippen molar-refractivity contribution in [1.29, 1.82) is 5.41 Å². The van der Waals surface area contributed by atoms with Gasteiger partial charge in [-0.2, -0.15) is 0 Å². The van der Waals surface area contributed by atoms with Crippen molar-refractivity contribution >= 4 is 46.7 Å². The molecule has 0 heterocycles. The van der Waals surface area contributed by atoms with E-state index in [2.05, 4.69) is 5.32 Å². The van der Waals surface area contributed by atoms with Crippen LogP contribution in [-0.4, -0.2) is 47.1 Å². The lowest BCUT2D eigenvalue weighted by molar-refractivity contribution is -0.151. The summed E-state index contributed by atoms with van der Waals surface area (Å²) >= 11 is 0. The first-order valence-electron chi connectivity index (χ1n) is 10.5. The number of nitrogens with one attached hydrogen (secondary N) is 2. The molecule has 0 radical (unpaired) electrons. The summed E-state index contributed by atoms with van der Waals surface area (Å²) in [5, 5.41) is 21.4. The standard InChI is InChI=1S/C25H27N5O4.ClH/c1-15(31)14-30(2)25(28,24(33)34)19-10-11-20-18(12-19)4-3-5-21(20)23(32)29-13-16-6-8-17(9-7-16)22(26)27;/h3-12H,13-14,28H2,1-2H3,(H3,26,27)(H,29,32)(H,33,34);1H. The second kappa shape index (κ2) is 11.1. The Balaban J connectivity index is 0.00000432. The first-order valence-corrected chi connectivity index (χ1v) is 10.5. The quantitative estimate of drug-likeness (QED) is 0.172. The summed E-state index contributed by atoms with van der Waals surface area (Å²) in [7, 11) is 1.48. The van der Waals surface area contributed by atoms with Crippen LogP contribution < -0.4 is 16.8 Å². The van der Waals surface area contributed by atoms with Crippen molar-refractivity contribution in [2.75, 3.05) is 13.6 Å². The monoisotopic (exact) mass is 497 g/mol. The number of nitrogen functional groups attached to an aromatic ring is 1. The summed E-state index contributed by atoms with van der Waals surface area (Å²) in [5.41, 5.74) is 12.0. The van der Waals surface area contributed by atoms with E-state index in [1.165, 1.54) is 18.9 Å². The minimum absolute atomic E-state index is 0. The number of rotatable bonds is 9. The Morgan fingerprint density at radius 3 is 2.31 bits per heavy atom. The number of amidine groups is 1. The molecule has 10 heteroatoms. The van der Waals surface area contributed by atoms with Crippen LogP contribution in [0.3, 0.4) is 0 Å². The molecule has 3 aromatic rings. The molecule has 1 unspecified atom stereocenters. The number of aliphatic carboxylic acids is 1. The summed E-state index contributed by atoms with van der Waals surface area (Å²) < 4.78 is 0. The average Bonchev–Trinajstić information content (AvgIpc) is 2.80. The molecule has 3 rings (SSSR count). The second-order valence-corrected chi connectivity index (χ2v) is 8.16. The van der Waals surface area contributed by atoms with Crippen molar-refractivity contribution in [1.82, 2.24) is 10.2 Å². The topological polar surface area (TPSA) is 163 Å². The van der Waals surface area contributed by atoms with Gasteiger partial charge in [0.25, 0.3) is 5.91 Å². The van der Waals surface area contributed by atoms with E-state index in [-0.39, 0.29) is 43.0 Å². The van der Waals surface area contributed by atoms with Gasteiger partial charge in [-0.3, -0.25) is 25.6 Å². The summed E-state index contributed by atoms with van der Waals surface area (Å²) in [6.45, 7) is 1.52. The number of Topliss-reactive ketones (excluding diaryl/α,β-unsaturated/α-hetero) is 1. The van der Waals surface area contributed by atoms with Gasteiger partial charge in [0.2, 0.25) is 0 Å². The molecule has 0 spiro atoms. The van der Waals surface area contributed by atoms with Crippen molar-refractivity contribution in [3.8, 4) is 0 Å². The van der Waals surface area contributed by atoms with Gasteiger partial charge < -0.3 is 16.2 Å². The molecule has 0 aliphatic carbocycles. The molecule has 35 heavy (non-hydrogen) atoms. The van der Waals surface area contributed by atoms with E-state index in [0.29, 0.717) is 27.5 Å². The largest absolute Gasteiger partial charge is 0.479 e. The van der Waals surface area contributed by atoms with Gasteiger partial charge in [-0.25, -0.2) is 4.79 Å². The van der Waals surface area contributed by atoms with Gasteiger partial charge >= 0.3 is 5.97 Å². The number of halogens is 1. The van der Waals surface area contributed by atoms with Gasteiger partial charge in [-0.1, -0.05) is 48.5 Å². The number of carboxylic acid groups (broad SMARTS) is 1. The van der Waals surface area contributed by atoms with Crippen LogP contribution in [0.4, 0.5) is 0 Å². The number of fused-ring (bicyclic) bond motifs is 1. The minimum atomic E-state index is -1.91. The number of benzene rings is 3. The molecule has 7 N–H and O–H groups in total. The third-order valence-electron chi connectivity index (χ3n) is 5.67. The van der Waals surface area contributed by atoms with Gasteiger partial charge in [-0.05, 0) is 48.0 Å². The average molecular weight is 498 g/mol. The highest BCUT2D eigenvalue weighted by Gasteiger charge is 2.41. The van der Waals surface area contributed by atoms with E-state index in [4.69, 9.17) is 16.9 Å². The van der Waals surface area contributed by atoms with Crippen LogP contribution in [0, 0.1) is 5.41 Å². The van der Waals surface area contributed by atoms with E-state index in [9.17, 15) is 19.5 Å². The molecular formula is C25H28ClN5O4. The van der Waals surface area contributed by atoms with Gasteiger partial charge in [0.05, 0.1) is 6.54 Å². The van der Waals surface area contributed by atoms with Crippen LogP contribution >= 0.6 is 12.4 Å². The zero-order valence-electron chi connectivity index (χ0n) is 19.4. The molecule has 0 aromatic heterocycles. The number of nitrogens with zero attached hydrogens (tertiary/aromatic N) is 1. The van der Waals surface area contributed by atoms with E-state index < -0.39 is 11.6 Å². The summed E-state index contributed by atoms with van der Waals surface area (Å²) in [6.07, 6.45) is 0. The maximum atomic E-state index is 12.9. The Hall–Kier alpha value is -3.79. The van der Waals surface area contributed by atoms with Crippen LogP contribution in [0.2, 0.25) is 0 Å². The fourth-order valence-corrected chi connectivity index (χ4v) is 3.76. The normalized spacial score (nSPS) is 12.5. The molecule has 9 nitrogen and oxygen atoms in total. The lowest BCUT2D eigenvalue weighted by Gasteiger charge is -2.34. The fraction of sp³-hybridized carbons (Fsp3) is 0.200. The highest BCUT2D eigenvalue weighted by Crippen LogP contribution is 2.28. The molecule has 1 atom stereocenters. The van der Waals surface area contributed by atoms with Crippen LogP contribution in [0.5, 0.6) is 0 Å². The molecule has 3 aromatic carbocycles. The van der Waals surface area contributed by atoms with E-state index in [1.807, 2.05) is 0 Å². The number of hydrogen-bond acceptors (Lipinski definition) is 6. The number of hydrogen-bond donors (Lipinski definition) is 5. The van der Waals surface area contributed by atoms with Gasteiger partial charge in [0, 0.05) is 17.7 Å². The Bertz CT molecular complexity index is 1280. The minimum Gasteiger partial charge on any atom is -0.479 e. The van der Waals surface area contributed by atoms with E-state index >= 15 is 0 Å². The van der Waals surface area contributed by atoms with Crippen molar-refractivity contribution < 1.29 is 19.5 Å². The fourth-order valence-electron chi connectivity index (χ4n) is 3.76. The Kier molecular flexibility index (Phi) is 8.70. The Morgan fingerprint density at radius 1 is 1.09 bits per heavy atom. The Morgan fingerprint density at radius 2 is 1.74 bits per heavy atom.